The summed E-state index contributed by atoms with van der Waals surface area (Å²) in [5, 5.41) is 11.5. The minimum Gasteiger partial charge on any atom is -0.481 e. The van der Waals surface area contributed by atoms with Gasteiger partial charge in [0.25, 0.3) is 0 Å². The number of hydrogen-bond donors (Lipinski definition) is 2. The molecule has 1 fully saturated rings. The number of amides is 2. The summed E-state index contributed by atoms with van der Waals surface area (Å²) < 4.78 is 0. The van der Waals surface area contributed by atoms with Crippen LogP contribution in [-0.2, 0) is 4.79 Å². The van der Waals surface area contributed by atoms with Gasteiger partial charge in [-0.15, -0.1) is 0 Å². The monoisotopic (exact) mass is 270 g/mol. The van der Waals surface area contributed by atoms with Gasteiger partial charge >= 0.3 is 12.0 Å². The van der Waals surface area contributed by atoms with Gasteiger partial charge in [-0.3, -0.25) is 4.79 Å². The lowest BCUT2D eigenvalue weighted by atomic mass is 10.1. The van der Waals surface area contributed by atoms with Gasteiger partial charge in [0.05, 0.1) is 0 Å². The fourth-order valence-electron chi connectivity index (χ4n) is 2.62. The van der Waals surface area contributed by atoms with Crippen LogP contribution in [0.15, 0.2) is 0 Å². The van der Waals surface area contributed by atoms with Crippen LogP contribution >= 0.6 is 0 Å². The average molecular weight is 270 g/mol. The Morgan fingerprint density at radius 1 is 1.37 bits per heavy atom. The van der Waals surface area contributed by atoms with E-state index < -0.39 is 5.97 Å². The van der Waals surface area contributed by atoms with Crippen LogP contribution < -0.4 is 5.32 Å². The highest BCUT2D eigenvalue weighted by Gasteiger charge is 2.20. The first kappa shape index (κ1) is 15.8. The van der Waals surface area contributed by atoms with Crippen LogP contribution in [-0.4, -0.2) is 41.6 Å². The van der Waals surface area contributed by atoms with Gasteiger partial charge < -0.3 is 15.3 Å². The number of nitrogens with one attached hydrogen (secondary N) is 1. The molecule has 110 valence electrons. The summed E-state index contributed by atoms with van der Waals surface area (Å²) >= 11 is 0. The van der Waals surface area contributed by atoms with Crippen molar-refractivity contribution in [2.24, 2.45) is 5.92 Å². The lowest BCUT2D eigenvalue weighted by molar-refractivity contribution is -0.137. The highest BCUT2D eigenvalue weighted by Crippen LogP contribution is 2.25. The van der Waals surface area contributed by atoms with E-state index in [1.807, 2.05) is 14.0 Å². The zero-order valence-corrected chi connectivity index (χ0v) is 12.0. The Bertz CT molecular complexity index is 301. The number of nitrogens with zero attached hydrogens (tertiary/aromatic N) is 1. The molecule has 2 N–H and O–H groups in total. The Morgan fingerprint density at radius 2 is 2.00 bits per heavy atom. The molecule has 19 heavy (non-hydrogen) atoms. The van der Waals surface area contributed by atoms with Crippen molar-refractivity contribution in [1.82, 2.24) is 10.2 Å². The van der Waals surface area contributed by atoms with Crippen LogP contribution in [0.2, 0.25) is 0 Å². The minimum atomic E-state index is -0.781. The number of carbonyl (C=O) groups excluding carboxylic acids is 1. The number of rotatable bonds is 7. The lowest BCUT2D eigenvalue weighted by Gasteiger charge is -2.23. The third-order valence-corrected chi connectivity index (χ3v) is 3.75. The summed E-state index contributed by atoms with van der Waals surface area (Å²) in [5.41, 5.74) is 0. The maximum absolute atomic E-state index is 11.9. The van der Waals surface area contributed by atoms with Crippen molar-refractivity contribution in [3.8, 4) is 0 Å². The summed E-state index contributed by atoms with van der Waals surface area (Å²) in [6.45, 7) is 2.75. The van der Waals surface area contributed by atoms with Gasteiger partial charge in [0.2, 0.25) is 0 Å². The zero-order chi connectivity index (χ0) is 14.3. The van der Waals surface area contributed by atoms with Gasteiger partial charge in [-0.25, -0.2) is 4.79 Å². The topological polar surface area (TPSA) is 69.6 Å². The Labute approximate surface area is 115 Å². The predicted octanol–water partition coefficient (Wildman–Crippen LogP) is 2.46. The van der Waals surface area contributed by atoms with Gasteiger partial charge in [0.15, 0.2) is 0 Å². The van der Waals surface area contributed by atoms with Gasteiger partial charge in [0.1, 0.15) is 0 Å². The normalized spacial score (nSPS) is 17.2. The first-order valence-electron chi connectivity index (χ1n) is 7.22. The molecule has 0 aromatic rings. The van der Waals surface area contributed by atoms with E-state index in [1.165, 1.54) is 25.7 Å². The van der Waals surface area contributed by atoms with E-state index in [9.17, 15) is 9.59 Å². The molecule has 0 saturated heterocycles. The Hall–Kier alpha value is -1.26. The molecule has 1 saturated carbocycles. The smallest absolute Gasteiger partial charge is 0.317 e. The van der Waals surface area contributed by atoms with Crippen molar-refractivity contribution in [3.63, 3.8) is 0 Å². The second kappa shape index (κ2) is 8.02. The lowest BCUT2D eigenvalue weighted by Crippen LogP contribution is -2.43. The molecule has 1 unspecified atom stereocenters. The molecule has 0 radical (unpaired) electrons. The molecule has 2 amide bonds. The molecule has 5 heteroatoms. The van der Waals surface area contributed by atoms with Crippen LogP contribution in [0.5, 0.6) is 0 Å². The van der Waals surface area contributed by atoms with Gasteiger partial charge in [-0.1, -0.05) is 12.8 Å². The molecule has 0 bridgehead atoms. The SMILES string of the molecule is CC(CCCC(=O)O)NC(=O)N(C)CC1CCCC1. The number of urea groups is 1. The third-order valence-electron chi connectivity index (χ3n) is 3.75. The molecule has 0 aliphatic heterocycles. The molecule has 1 atom stereocenters. The van der Waals surface area contributed by atoms with Crippen LogP contribution in [0.25, 0.3) is 0 Å². The number of aliphatic carboxylic acids is 1. The number of carboxylic acids is 1. The van der Waals surface area contributed by atoms with Crippen molar-refractivity contribution in [1.29, 1.82) is 0 Å². The number of hydrogen-bond acceptors (Lipinski definition) is 2. The largest absolute Gasteiger partial charge is 0.481 e. The third kappa shape index (κ3) is 6.45. The van der Waals surface area contributed by atoms with Gasteiger partial charge in [0, 0.05) is 26.1 Å². The highest BCUT2D eigenvalue weighted by atomic mass is 16.4. The predicted molar refractivity (Wildman–Crippen MR) is 74.1 cm³/mol. The van der Waals surface area contributed by atoms with E-state index in [1.54, 1.807) is 4.90 Å². The Kier molecular flexibility index (Phi) is 6.67. The van der Waals surface area contributed by atoms with Crippen molar-refractivity contribution in [3.05, 3.63) is 0 Å². The second-order valence-electron chi connectivity index (χ2n) is 5.67. The van der Waals surface area contributed by atoms with Crippen molar-refractivity contribution >= 4 is 12.0 Å². The quantitative estimate of drug-likeness (QED) is 0.746. The van der Waals surface area contributed by atoms with E-state index in [4.69, 9.17) is 5.11 Å². The summed E-state index contributed by atoms with van der Waals surface area (Å²) in [4.78, 5) is 24.1. The average Bonchev–Trinajstić information content (AvgIpc) is 2.81. The summed E-state index contributed by atoms with van der Waals surface area (Å²) in [6, 6.07) is -0.0207. The van der Waals surface area contributed by atoms with Crippen LogP contribution in [0, 0.1) is 5.92 Å². The standard InChI is InChI=1S/C14H26N2O3/c1-11(6-5-9-13(17)18)15-14(19)16(2)10-12-7-3-4-8-12/h11-12H,3-10H2,1-2H3,(H,15,19)(H,17,18). The van der Waals surface area contributed by atoms with E-state index in [2.05, 4.69) is 5.32 Å². The molecule has 1 aliphatic carbocycles. The number of carboxylic acid groups (broad SMARTS) is 1. The molecular weight excluding hydrogens is 244 g/mol. The maximum atomic E-state index is 11.9. The second-order valence-corrected chi connectivity index (χ2v) is 5.67. The molecule has 1 rings (SSSR count). The van der Waals surface area contributed by atoms with E-state index in [0.717, 1.165) is 6.54 Å². The van der Waals surface area contributed by atoms with Crippen LogP contribution in [0.3, 0.4) is 0 Å². The molecular formula is C14H26N2O3. The molecule has 1 aliphatic rings. The molecule has 5 nitrogen and oxygen atoms in total. The molecule has 0 spiro atoms. The highest BCUT2D eigenvalue weighted by molar-refractivity contribution is 5.74. The van der Waals surface area contributed by atoms with Crippen LogP contribution in [0.1, 0.15) is 51.9 Å². The first-order chi connectivity index (χ1) is 8.99. The fourth-order valence-corrected chi connectivity index (χ4v) is 2.62. The fraction of sp³-hybridized carbons (Fsp3) is 0.857. The number of carbonyl (C=O) groups is 2. The van der Waals surface area contributed by atoms with Crippen molar-refractivity contribution in [2.75, 3.05) is 13.6 Å². The van der Waals surface area contributed by atoms with Crippen molar-refractivity contribution < 1.29 is 14.7 Å². The van der Waals surface area contributed by atoms with E-state index in [0.29, 0.717) is 18.8 Å². The van der Waals surface area contributed by atoms with E-state index in [-0.39, 0.29) is 18.5 Å². The molecule has 0 aromatic carbocycles. The summed E-state index contributed by atoms with van der Waals surface area (Å²) in [6.07, 6.45) is 6.49. The van der Waals surface area contributed by atoms with Crippen LogP contribution in [0.4, 0.5) is 4.79 Å². The van der Waals surface area contributed by atoms with Gasteiger partial charge in [-0.2, -0.15) is 0 Å². The summed E-state index contributed by atoms with van der Waals surface area (Å²) in [7, 11) is 1.83. The molecule has 0 heterocycles. The van der Waals surface area contributed by atoms with E-state index >= 15 is 0 Å². The summed E-state index contributed by atoms with van der Waals surface area (Å²) in [5.74, 6) is -0.130. The Morgan fingerprint density at radius 3 is 2.58 bits per heavy atom. The zero-order valence-electron chi connectivity index (χ0n) is 12.0. The van der Waals surface area contributed by atoms with Gasteiger partial charge in [-0.05, 0) is 38.5 Å². The van der Waals surface area contributed by atoms with Crippen molar-refractivity contribution in [2.45, 2.75) is 57.9 Å². The maximum Gasteiger partial charge on any atom is 0.317 e. The molecule has 0 aromatic heterocycles. The first-order valence-corrected chi connectivity index (χ1v) is 7.22. The Balaban J connectivity index is 2.18. The minimum absolute atomic E-state index is 0.0258.